The van der Waals surface area contributed by atoms with E-state index in [9.17, 15) is 4.79 Å². The van der Waals surface area contributed by atoms with E-state index >= 15 is 0 Å². The Labute approximate surface area is 96.3 Å². The summed E-state index contributed by atoms with van der Waals surface area (Å²) >= 11 is 0. The van der Waals surface area contributed by atoms with Gasteiger partial charge in [0, 0.05) is 7.05 Å². The lowest BCUT2D eigenvalue weighted by atomic mass is 10.0. The zero-order valence-electron chi connectivity index (χ0n) is 10.5. The molecule has 0 aliphatic heterocycles. The van der Waals surface area contributed by atoms with Gasteiger partial charge in [-0.1, -0.05) is 0 Å². The van der Waals surface area contributed by atoms with Gasteiger partial charge >= 0.3 is 0 Å². The van der Waals surface area contributed by atoms with E-state index in [0.29, 0.717) is 0 Å². The molecule has 1 heterocycles. The quantitative estimate of drug-likeness (QED) is 0.789. The Balaban J connectivity index is 3.08. The number of aromatic nitrogens is 2. The summed E-state index contributed by atoms with van der Waals surface area (Å²) in [5, 5.41) is 5.85. The standard InChI is InChI=1S/C11H20N4O/c1-8(10(16)12-4)15-7-14-6-9(15)11(2,3)13-5/h6-8,13H,1-5H3,(H,12,16). The van der Waals surface area contributed by atoms with Crippen LogP contribution in [0.5, 0.6) is 0 Å². The molecule has 0 spiro atoms. The summed E-state index contributed by atoms with van der Waals surface area (Å²) < 4.78 is 1.88. The van der Waals surface area contributed by atoms with Crippen molar-refractivity contribution in [3.05, 3.63) is 18.2 Å². The normalized spacial score (nSPS) is 13.6. The molecule has 0 aromatic carbocycles. The molecule has 0 fully saturated rings. The van der Waals surface area contributed by atoms with Crippen LogP contribution in [0.25, 0.3) is 0 Å². The first-order valence-corrected chi connectivity index (χ1v) is 5.37. The van der Waals surface area contributed by atoms with Crippen LogP contribution in [-0.4, -0.2) is 29.6 Å². The number of carbonyl (C=O) groups excluding carboxylic acids is 1. The molecule has 1 aromatic heterocycles. The maximum absolute atomic E-state index is 11.6. The number of likely N-dealkylation sites (N-methyl/N-ethyl adjacent to an activating group) is 1. The molecule has 0 aliphatic rings. The maximum atomic E-state index is 11.6. The zero-order chi connectivity index (χ0) is 12.3. The first kappa shape index (κ1) is 12.7. The molecule has 5 nitrogen and oxygen atoms in total. The highest BCUT2D eigenvalue weighted by molar-refractivity contribution is 5.79. The molecule has 16 heavy (non-hydrogen) atoms. The predicted molar refractivity (Wildman–Crippen MR) is 63.1 cm³/mol. The van der Waals surface area contributed by atoms with E-state index in [1.54, 1.807) is 19.6 Å². The monoisotopic (exact) mass is 224 g/mol. The number of nitrogens with one attached hydrogen (secondary N) is 2. The van der Waals surface area contributed by atoms with Gasteiger partial charge in [-0.2, -0.15) is 0 Å². The van der Waals surface area contributed by atoms with Crippen LogP contribution in [0.4, 0.5) is 0 Å². The van der Waals surface area contributed by atoms with Crippen molar-refractivity contribution in [2.45, 2.75) is 32.4 Å². The van der Waals surface area contributed by atoms with Crippen LogP contribution >= 0.6 is 0 Å². The Morgan fingerprint density at radius 3 is 2.62 bits per heavy atom. The van der Waals surface area contributed by atoms with Gasteiger partial charge in [0.1, 0.15) is 6.04 Å². The van der Waals surface area contributed by atoms with Gasteiger partial charge in [0.25, 0.3) is 0 Å². The van der Waals surface area contributed by atoms with Crippen molar-refractivity contribution in [1.29, 1.82) is 0 Å². The zero-order valence-corrected chi connectivity index (χ0v) is 10.5. The van der Waals surface area contributed by atoms with Crippen LogP contribution in [0.2, 0.25) is 0 Å². The minimum Gasteiger partial charge on any atom is -0.357 e. The highest BCUT2D eigenvalue weighted by Crippen LogP contribution is 2.22. The van der Waals surface area contributed by atoms with Gasteiger partial charge in [-0.25, -0.2) is 4.98 Å². The van der Waals surface area contributed by atoms with Crippen molar-refractivity contribution < 1.29 is 4.79 Å². The van der Waals surface area contributed by atoms with Gasteiger partial charge < -0.3 is 15.2 Å². The van der Waals surface area contributed by atoms with Gasteiger partial charge in [-0.3, -0.25) is 4.79 Å². The Morgan fingerprint density at radius 1 is 1.50 bits per heavy atom. The molecule has 0 aliphatic carbocycles. The minimum atomic E-state index is -0.255. The van der Waals surface area contributed by atoms with Crippen molar-refractivity contribution >= 4 is 5.91 Å². The molecule has 1 atom stereocenters. The van der Waals surface area contributed by atoms with Crippen molar-refractivity contribution in [2.24, 2.45) is 0 Å². The van der Waals surface area contributed by atoms with E-state index in [0.717, 1.165) is 5.69 Å². The summed E-state index contributed by atoms with van der Waals surface area (Å²) in [7, 11) is 3.53. The lowest BCUT2D eigenvalue weighted by Gasteiger charge is -2.27. The van der Waals surface area contributed by atoms with Gasteiger partial charge in [-0.15, -0.1) is 0 Å². The fourth-order valence-electron chi connectivity index (χ4n) is 1.56. The number of rotatable bonds is 4. The molecule has 0 saturated carbocycles. The lowest BCUT2D eigenvalue weighted by molar-refractivity contribution is -0.123. The summed E-state index contributed by atoms with van der Waals surface area (Å²) in [5.41, 5.74) is 0.782. The second-order valence-corrected chi connectivity index (χ2v) is 4.35. The average Bonchev–Trinajstić information content (AvgIpc) is 2.76. The smallest absolute Gasteiger partial charge is 0.242 e. The summed E-state index contributed by atoms with van der Waals surface area (Å²) in [6.45, 7) is 5.96. The van der Waals surface area contributed by atoms with E-state index in [-0.39, 0.29) is 17.5 Å². The number of carbonyl (C=O) groups is 1. The van der Waals surface area contributed by atoms with Crippen molar-refractivity contribution in [1.82, 2.24) is 20.2 Å². The third-order valence-corrected chi connectivity index (χ3v) is 2.97. The SMILES string of the molecule is CNC(=O)C(C)n1cncc1C(C)(C)NC. The summed E-state index contributed by atoms with van der Waals surface area (Å²) in [6, 6.07) is -0.255. The Morgan fingerprint density at radius 2 is 2.12 bits per heavy atom. The number of amides is 1. The van der Waals surface area contributed by atoms with E-state index < -0.39 is 0 Å². The first-order chi connectivity index (χ1) is 7.44. The second kappa shape index (κ2) is 4.65. The molecular formula is C11H20N4O. The van der Waals surface area contributed by atoms with Crippen LogP contribution in [0.3, 0.4) is 0 Å². The van der Waals surface area contributed by atoms with Crippen LogP contribution in [0.1, 0.15) is 32.5 Å². The topological polar surface area (TPSA) is 59.0 Å². The molecule has 0 bridgehead atoms. The van der Waals surface area contributed by atoms with E-state index in [1.165, 1.54) is 0 Å². The lowest BCUT2D eigenvalue weighted by Crippen LogP contribution is -2.38. The highest BCUT2D eigenvalue weighted by Gasteiger charge is 2.25. The van der Waals surface area contributed by atoms with Crippen LogP contribution in [-0.2, 0) is 10.3 Å². The van der Waals surface area contributed by atoms with Gasteiger partial charge in [0.15, 0.2) is 0 Å². The predicted octanol–water partition coefficient (Wildman–Crippen LogP) is 0.645. The number of hydrogen-bond acceptors (Lipinski definition) is 3. The second-order valence-electron chi connectivity index (χ2n) is 4.35. The van der Waals surface area contributed by atoms with Gasteiger partial charge in [-0.05, 0) is 27.8 Å². The largest absolute Gasteiger partial charge is 0.357 e. The summed E-state index contributed by atoms with van der Waals surface area (Å²) in [5.74, 6) is -0.0221. The van der Waals surface area contributed by atoms with Crippen molar-refractivity contribution in [3.63, 3.8) is 0 Å². The maximum Gasteiger partial charge on any atom is 0.242 e. The van der Waals surface area contributed by atoms with Crippen LogP contribution in [0, 0.1) is 0 Å². The fraction of sp³-hybridized carbons (Fsp3) is 0.636. The minimum absolute atomic E-state index is 0.0221. The van der Waals surface area contributed by atoms with E-state index in [2.05, 4.69) is 29.5 Å². The third kappa shape index (κ3) is 2.24. The Bertz CT molecular complexity index is 370. The molecule has 5 heteroatoms. The summed E-state index contributed by atoms with van der Waals surface area (Å²) in [4.78, 5) is 15.7. The van der Waals surface area contributed by atoms with E-state index in [4.69, 9.17) is 0 Å². The van der Waals surface area contributed by atoms with Crippen LogP contribution in [0.15, 0.2) is 12.5 Å². The molecule has 1 unspecified atom stereocenters. The molecule has 1 aromatic rings. The average molecular weight is 224 g/mol. The summed E-state index contributed by atoms with van der Waals surface area (Å²) in [6.07, 6.45) is 3.48. The number of hydrogen-bond donors (Lipinski definition) is 2. The third-order valence-electron chi connectivity index (χ3n) is 2.97. The Hall–Kier alpha value is -1.36. The van der Waals surface area contributed by atoms with Crippen molar-refractivity contribution in [3.8, 4) is 0 Å². The van der Waals surface area contributed by atoms with Crippen LogP contribution < -0.4 is 10.6 Å². The highest BCUT2D eigenvalue weighted by atomic mass is 16.2. The molecule has 1 amide bonds. The van der Waals surface area contributed by atoms with Gasteiger partial charge in [0.05, 0.1) is 23.8 Å². The molecule has 1 rings (SSSR count). The van der Waals surface area contributed by atoms with Crippen molar-refractivity contribution in [2.75, 3.05) is 14.1 Å². The van der Waals surface area contributed by atoms with Gasteiger partial charge in [0.2, 0.25) is 5.91 Å². The molecule has 0 radical (unpaired) electrons. The molecule has 2 N–H and O–H groups in total. The Kier molecular flexibility index (Phi) is 3.70. The first-order valence-electron chi connectivity index (χ1n) is 5.37. The number of imidazole rings is 1. The molecule has 90 valence electrons. The molecular weight excluding hydrogens is 204 g/mol. The fourth-order valence-corrected chi connectivity index (χ4v) is 1.56. The molecule has 0 saturated heterocycles. The van der Waals surface area contributed by atoms with E-state index in [1.807, 2.05) is 18.5 Å². The number of nitrogens with zero attached hydrogens (tertiary/aromatic N) is 2.